The molecule has 0 aliphatic rings. The van der Waals surface area contributed by atoms with Crippen LogP contribution >= 0.6 is 15.9 Å². The van der Waals surface area contributed by atoms with E-state index in [1.165, 1.54) is 6.07 Å². The molecule has 0 aromatic heterocycles. The van der Waals surface area contributed by atoms with Gasteiger partial charge in [0.25, 0.3) is 0 Å². The lowest BCUT2D eigenvalue weighted by molar-refractivity contribution is -0.116. The number of benzene rings is 1. The number of anilines is 1. The number of nitrogens with one attached hydrogen (secondary N) is 1. The second-order valence-corrected chi connectivity index (χ2v) is 5.07. The Morgan fingerprint density at radius 2 is 2.22 bits per heavy atom. The van der Waals surface area contributed by atoms with Gasteiger partial charge in [-0.15, -0.1) is 0 Å². The summed E-state index contributed by atoms with van der Waals surface area (Å²) in [4.78, 5) is 11.7. The van der Waals surface area contributed by atoms with Crippen LogP contribution in [-0.4, -0.2) is 19.1 Å². The van der Waals surface area contributed by atoms with Gasteiger partial charge in [0.05, 0.1) is 10.6 Å². The van der Waals surface area contributed by atoms with Crippen LogP contribution in [0.2, 0.25) is 0 Å². The molecule has 0 bridgehead atoms. The smallest absolute Gasteiger partial charge is 0.224 e. The number of halogens is 2. The highest BCUT2D eigenvalue weighted by molar-refractivity contribution is 9.10. The first-order valence-corrected chi connectivity index (χ1v) is 6.51. The molecule has 5 heteroatoms. The average Bonchev–Trinajstić information content (AvgIpc) is 2.33. The number of rotatable bonds is 5. The lowest BCUT2D eigenvalue weighted by Crippen LogP contribution is -2.15. The fraction of sp³-hybridized carbons (Fsp3) is 0.462. The Bertz CT molecular complexity index is 437. The lowest BCUT2D eigenvalue weighted by atomic mass is 10.1. The van der Waals surface area contributed by atoms with Gasteiger partial charge in [0, 0.05) is 19.2 Å². The quantitative estimate of drug-likeness (QED) is 0.900. The number of methoxy groups -OCH3 is 1. The molecule has 1 rings (SSSR count). The Balaban J connectivity index is 2.62. The van der Waals surface area contributed by atoms with Gasteiger partial charge in [-0.3, -0.25) is 4.79 Å². The van der Waals surface area contributed by atoms with Gasteiger partial charge in [-0.2, -0.15) is 0 Å². The molecule has 1 amide bonds. The second-order valence-electron chi connectivity index (χ2n) is 4.21. The minimum atomic E-state index is -0.335. The first-order chi connectivity index (χ1) is 8.43. The minimum Gasteiger partial charge on any atom is -0.382 e. The zero-order valence-electron chi connectivity index (χ0n) is 10.7. The molecule has 1 aromatic carbocycles. The van der Waals surface area contributed by atoms with Crippen molar-refractivity contribution in [1.82, 2.24) is 0 Å². The number of ether oxygens (including phenoxy) is 1. The Morgan fingerprint density at radius 3 is 2.83 bits per heavy atom. The third kappa shape index (κ3) is 4.38. The number of hydrogen-bond donors (Lipinski definition) is 1. The van der Waals surface area contributed by atoms with Crippen LogP contribution in [0, 0.1) is 12.7 Å². The van der Waals surface area contributed by atoms with Crippen molar-refractivity contribution in [3.8, 4) is 0 Å². The molecule has 1 N–H and O–H groups in total. The van der Waals surface area contributed by atoms with Crippen molar-refractivity contribution in [2.24, 2.45) is 0 Å². The van der Waals surface area contributed by atoms with Crippen LogP contribution in [0.15, 0.2) is 16.6 Å². The number of aryl methyl sites for hydroxylation is 1. The first-order valence-electron chi connectivity index (χ1n) is 5.72. The molecule has 0 saturated carbocycles. The SMILES string of the molecule is COC(C)CCC(=O)Nc1cc(Br)c(F)cc1C. The summed E-state index contributed by atoms with van der Waals surface area (Å²) in [6.07, 6.45) is 1.09. The third-order valence-corrected chi connectivity index (χ3v) is 3.33. The van der Waals surface area contributed by atoms with Gasteiger partial charge in [-0.05, 0) is 53.9 Å². The molecular weight excluding hydrogens is 301 g/mol. The Kier molecular flexibility index (Phi) is 5.75. The zero-order valence-corrected chi connectivity index (χ0v) is 12.3. The molecule has 0 aliphatic heterocycles. The summed E-state index contributed by atoms with van der Waals surface area (Å²) < 4.78 is 18.6. The molecule has 3 nitrogen and oxygen atoms in total. The molecular formula is C13H17BrFNO2. The lowest BCUT2D eigenvalue weighted by Gasteiger charge is -2.11. The predicted molar refractivity (Wildman–Crippen MR) is 73.2 cm³/mol. The van der Waals surface area contributed by atoms with Crippen LogP contribution < -0.4 is 5.32 Å². The Morgan fingerprint density at radius 1 is 1.56 bits per heavy atom. The van der Waals surface area contributed by atoms with E-state index in [1.54, 1.807) is 20.1 Å². The van der Waals surface area contributed by atoms with Crippen molar-refractivity contribution in [3.63, 3.8) is 0 Å². The molecule has 1 atom stereocenters. The molecule has 0 fully saturated rings. The Labute approximate surface area is 115 Å². The summed E-state index contributed by atoms with van der Waals surface area (Å²) in [6.45, 7) is 3.66. The van der Waals surface area contributed by atoms with E-state index in [1.807, 2.05) is 6.92 Å². The summed E-state index contributed by atoms with van der Waals surface area (Å²) in [5.41, 5.74) is 1.32. The van der Waals surface area contributed by atoms with Crippen LogP contribution in [-0.2, 0) is 9.53 Å². The topological polar surface area (TPSA) is 38.3 Å². The summed E-state index contributed by atoms with van der Waals surface area (Å²) >= 11 is 3.10. The molecule has 0 spiro atoms. The van der Waals surface area contributed by atoms with E-state index in [4.69, 9.17) is 4.74 Å². The number of hydrogen-bond acceptors (Lipinski definition) is 2. The fourth-order valence-electron chi connectivity index (χ4n) is 1.45. The van der Waals surface area contributed by atoms with Gasteiger partial charge < -0.3 is 10.1 Å². The molecule has 0 aliphatic carbocycles. The average molecular weight is 318 g/mol. The minimum absolute atomic E-state index is 0.0526. The molecule has 100 valence electrons. The number of carbonyl (C=O) groups is 1. The van der Waals surface area contributed by atoms with Crippen molar-refractivity contribution in [1.29, 1.82) is 0 Å². The molecule has 0 saturated heterocycles. The molecule has 1 unspecified atom stereocenters. The number of carbonyl (C=O) groups excluding carboxylic acids is 1. The van der Waals surface area contributed by atoms with E-state index in [9.17, 15) is 9.18 Å². The van der Waals surface area contributed by atoms with Crippen molar-refractivity contribution in [3.05, 3.63) is 28.0 Å². The van der Waals surface area contributed by atoms with Crippen molar-refractivity contribution < 1.29 is 13.9 Å². The summed E-state index contributed by atoms with van der Waals surface area (Å²) in [6, 6.07) is 2.96. The summed E-state index contributed by atoms with van der Waals surface area (Å²) in [7, 11) is 1.61. The van der Waals surface area contributed by atoms with Crippen LogP contribution in [0.3, 0.4) is 0 Å². The maximum Gasteiger partial charge on any atom is 0.224 e. The van der Waals surface area contributed by atoms with E-state index < -0.39 is 0 Å². The first kappa shape index (κ1) is 15.1. The van der Waals surface area contributed by atoms with Crippen molar-refractivity contribution in [2.75, 3.05) is 12.4 Å². The van der Waals surface area contributed by atoms with Gasteiger partial charge in [0.15, 0.2) is 0 Å². The van der Waals surface area contributed by atoms with Gasteiger partial charge in [0.1, 0.15) is 5.82 Å². The van der Waals surface area contributed by atoms with Crippen molar-refractivity contribution in [2.45, 2.75) is 32.8 Å². The molecule has 1 aromatic rings. The second kappa shape index (κ2) is 6.85. The monoisotopic (exact) mass is 317 g/mol. The van der Waals surface area contributed by atoms with Crippen LogP contribution in [0.4, 0.5) is 10.1 Å². The van der Waals surface area contributed by atoms with E-state index in [-0.39, 0.29) is 17.8 Å². The standard InChI is InChI=1S/C13H17BrFNO2/c1-8-6-11(15)10(14)7-12(8)16-13(17)5-4-9(2)18-3/h6-7,9H,4-5H2,1-3H3,(H,16,17). The van der Waals surface area contributed by atoms with E-state index in [0.29, 0.717) is 28.6 Å². The maximum atomic E-state index is 13.2. The van der Waals surface area contributed by atoms with Crippen molar-refractivity contribution >= 4 is 27.5 Å². The Hall–Kier alpha value is -0.940. The zero-order chi connectivity index (χ0) is 13.7. The highest BCUT2D eigenvalue weighted by atomic mass is 79.9. The summed E-state index contributed by atoms with van der Waals surface area (Å²) in [5.74, 6) is -0.431. The van der Waals surface area contributed by atoms with Crippen LogP contribution in [0.25, 0.3) is 0 Å². The van der Waals surface area contributed by atoms with Gasteiger partial charge in [-0.1, -0.05) is 0 Å². The normalized spacial score (nSPS) is 12.3. The highest BCUT2D eigenvalue weighted by Gasteiger charge is 2.10. The van der Waals surface area contributed by atoms with Gasteiger partial charge in [0.2, 0.25) is 5.91 Å². The maximum absolute atomic E-state index is 13.2. The predicted octanol–water partition coefficient (Wildman–Crippen LogP) is 3.65. The highest BCUT2D eigenvalue weighted by Crippen LogP contribution is 2.24. The number of amides is 1. The van der Waals surface area contributed by atoms with Crippen LogP contribution in [0.1, 0.15) is 25.3 Å². The van der Waals surface area contributed by atoms with E-state index >= 15 is 0 Å². The van der Waals surface area contributed by atoms with Gasteiger partial charge in [-0.25, -0.2) is 4.39 Å². The third-order valence-electron chi connectivity index (χ3n) is 2.72. The van der Waals surface area contributed by atoms with E-state index in [2.05, 4.69) is 21.2 Å². The summed E-state index contributed by atoms with van der Waals surface area (Å²) in [5, 5.41) is 2.77. The molecule has 0 heterocycles. The van der Waals surface area contributed by atoms with Crippen LogP contribution in [0.5, 0.6) is 0 Å². The largest absolute Gasteiger partial charge is 0.382 e. The van der Waals surface area contributed by atoms with Gasteiger partial charge >= 0.3 is 0 Å². The van der Waals surface area contributed by atoms with E-state index in [0.717, 1.165) is 0 Å². The fourth-order valence-corrected chi connectivity index (χ4v) is 1.79. The molecule has 0 radical (unpaired) electrons. The molecule has 18 heavy (non-hydrogen) atoms.